The maximum atomic E-state index is 10.9. The van der Waals surface area contributed by atoms with Crippen LogP contribution in [0.1, 0.15) is 33.1 Å². The molecule has 0 bridgehead atoms. The molecule has 1 atom stereocenters. The summed E-state index contributed by atoms with van der Waals surface area (Å²) in [5.41, 5.74) is 7.14. The molecule has 25 heavy (non-hydrogen) atoms. The van der Waals surface area contributed by atoms with Gasteiger partial charge in [0.15, 0.2) is 12.1 Å². The summed E-state index contributed by atoms with van der Waals surface area (Å²) in [6.07, 6.45) is 4.00. The first-order chi connectivity index (χ1) is 11.8. The minimum Gasteiger partial charge on any atom is -0.367 e. The molecule has 0 radical (unpaired) electrons. The minimum absolute atomic E-state index is 0.155. The number of unbranched alkanes of at least 4 members (excludes halogenated alkanes) is 2. The molecule has 11 heteroatoms. The number of rotatable bonds is 10. The van der Waals surface area contributed by atoms with Crippen molar-refractivity contribution in [1.29, 1.82) is 0 Å². The highest BCUT2D eigenvalue weighted by Gasteiger charge is 2.21. The highest BCUT2D eigenvalue weighted by molar-refractivity contribution is 7.51. The van der Waals surface area contributed by atoms with Crippen LogP contribution in [-0.2, 0) is 15.8 Å². The van der Waals surface area contributed by atoms with E-state index in [9.17, 15) is 4.57 Å². The van der Waals surface area contributed by atoms with Gasteiger partial charge in [0.1, 0.15) is 6.35 Å². The Morgan fingerprint density at radius 3 is 2.88 bits per heavy atom. The maximum absolute atomic E-state index is 10.9. The molecular formula is C14H26N6O4P+. The molecule has 2 heterocycles. The van der Waals surface area contributed by atoms with Gasteiger partial charge in [-0.1, -0.05) is 24.7 Å². The Hall–Kier alpha value is -1.74. The van der Waals surface area contributed by atoms with E-state index >= 15 is 0 Å². The Labute approximate surface area is 146 Å². The van der Waals surface area contributed by atoms with Crippen LogP contribution in [0.3, 0.4) is 0 Å². The van der Waals surface area contributed by atoms with Gasteiger partial charge in [-0.05, 0) is 13.3 Å². The number of hydrogen-bond donors (Lipinski definition) is 5. The first-order valence-corrected chi connectivity index (χ1v) is 10.0. The molecule has 0 amide bonds. The van der Waals surface area contributed by atoms with E-state index in [0.717, 1.165) is 31.3 Å². The molecule has 2 rings (SSSR count). The molecule has 2 aromatic heterocycles. The number of anilines is 2. The largest absolute Gasteiger partial charge is 0.367 e. The third kappa shape index (κ3) is 5.93. The average molecular weight is 373 g/mol. The molecule has 0 aliphatic carbocycles. The van der Waals surface area contributed by atoms with E-state index in [-0.39, 0.29) is 5.95 Å². The molecule has 2 aromatic rings. The Bertz CT molecular complexity index is 746. The quantitative estimate of drug-likeness (QED) is 0.235. The van der Waals surface area contributed by atoms with E-state index in [0.29, 0.717) is 18.0 Å². The number of ether oxygens (including phenoxy) is 1. The molecule has 0 unspecified atom stereocenters. The van der Waals surface area contributed by atoms with Gasteiger partial charge in [-0.2, -0.15) is 4.98 Å². The number of hydrogen-bond acceptors (Lipinski definition) is 6. The van der Waals surface area contributed by atoms with Crippen LogP contribution in [0.5, 0.6) is 0 Å². The predicted octanol–water partition coefficient (Wildman–Crippen LogP) is 0.970. The van der Waals surface area contributed by atoms with Crippen LogP contribution in [0.25, 0.3) is 11.2 Å². The van der Waals surface area contributed by atoms with Crippen molar-refractivity contribution in [2.45, 2.75) is 45.8 Å². The van der Waals surface area contributed by atoms with Crippen molar-refractivity contribution in [2.24, 2.45) is 0 Å². The number of nitrogen functional groups attached to an aromatic ring is 1. The van der Waals surface area contributed by atoms with Crippen LogP contribution in [0.15, 0.2) is 6.33 Å². The first kappa shape index (κ1) is 19.6. The highest BCUT2D eigenvalue weighted by atomic mass is 31.2. The summed E-state index contributed by atoms with van der Waals surface area (Å²) in [5.74, 6) is 0.795. The van der Waals surface area contributed by atoms with Crippen LogP contribution in [0.2, 0.25) is 0 Å². The molecule has 0 spiro atoms. The SMILES string of the molecule is CCCCCNc1nc(N)nc2c1[nH]c[n+]2C[C@@H](C)OCP(=O)(O)O. The predicted molar refractivity (Wildman–Crippen MR) is 94.0 cm³/mol. The topological polar surface area (TPSA) is 150 Å². The van der Waals surface area contributed by atoms with Gasteiger partial charge in [0.2, 0.25) is 5.52 Å². The highest BCUT2D eigenvalue weighted by Crippen LogP contribution is 2.34. The Kier molecular flexibility index (Phi) is 6.71. The maximum Gasteiger partial charge on any atom is 0.350 e. The lowest BCUT2D eigenvalue weighted by Gasteiger charge is -2.12. The van der Waals surface area contributed by atoms with Gasteiger partial charge in [-0.15, -0.1) is 0 Å². The van der Waals surface area contributed by atoms with Gasteiger partial charge in [0.05, 0.1) is 12.6 Å². The van der Waals surface area contributed by atoms with Crippen LogP contribution in [0, 0.1) is 0 Å². The van der Waals surface area contributed by atoms with Gasteiger partial charge < -0.3 is 25.6 Å². The zero-order chi connectivity index (χ0) is 18.4. The number of nitrogens with two attached hydrogens (primary N) is 1. The lowest BCUT2D eigenvalue weighted by Crippen LogP contribution is -2.39. The number of nitrogens with one attached hydrogen (secondary N) is 2. The molecule has 0 aromatic carbocycles. The van der Waals surface area contributed by atoms with Crippen molar-refractivity contribution in [3.8, 4) is 0 Å². The average Bonchev–Trinajstić information content (AvgIpc) is 2.92. The van der Waals surface area contributed by atoms with Crippen LogP contribution < -0.4 is 15.6 Å². The van der Waals surface area contributed by atoms with E-state index in [1.807, 2.05) is 0 Å². The monoisotopic (exact) mass is 373 g/mol. The van der Waals surface area contributed by atoms with Gasteiger partial charge in [-0.25, -0.2) is 4.57 Å². The second-order valence-corrected chi connectivity index (χ2v) is 7.55. The zero-order valence-corrected chi connectivity index (χ0v) is 15.4. The molecule has 6 N–H and O–H groups in total. The fourth-order valence-corrected chi connectivity index (χ4v) is 2.86. The third-order valence-corrected chi connectivity index (χ3v) is 4.08. The molecule has 10 nitrogen and oxygen atoms in total. The van der Waals surface area contributed by atoms with E-state index in [1.165, 1.54) is 0 Å². The van der Waals surface area contributed by atoms with Crippen molar-refractivity contribution in [3.05, 3.63) is 6.33 Å². The number of aromatic amines is 1. The van der Waals surface area contributed by atoms with Crippen LogP contribution in [-0.4, -0.2) is 43.7 Å². The fourth-order valence-electron chi connectivity index (χ4n) is 2.41. The number of nitrogens with zero attached hydrogens (tertiary/aromatic N) is 3. The summed E-state index contributed by atoms with van der Waals surface area (Å²) in [4.78, 5) is 29.4. The molecule has 0 saturated heterocycles. The van der Waals surface area contributed by atoms with Gasteiger partial charge >= 0.3 is 13.2 Å². The molecule has 0 saturated carbocycles. The summed E-state index contributed by atoms with van der Waals surface area (Å²) in [6.45, 7) is 5.03. The standard InChI is InChI=1S/C14H25N6O4P/c1-3-4-5-6-16-12-11-13(19-14(15)18-12)20(8-17-11)7-10(2)24-9-25(21,22)23/h8,10H,3-7,9H2,1-2H3,(H5,15,16,18,19,21,22,23)/p+1/t10-/m1/s1. The Morgan fingerprint density at radius 2 is 2.20 bits per heavy atom. The number of aromatic nitrogens is 4. The smallest absolute Gasteiger partial charge is 0.350 e. The summed E-state index contributed by atoms with van der Waals surface area (Å²) >= 11 is 0. The van der Waals surface area contributed by atoms with E-state index in [2.05, 4.69) is 27.2 Å². The van der Waals surface area contributed by atoms with E-state index in [4.69, 9.17) is 20.3 Å². The number of imidazole rings is 1. The van der Waals surface area contributed by atoms with E-state index < -0.39 is 20.0 Å². The fraction of sp³-hybridized carbons (Fsp3) is 0.643. The third-order valence-electron chi connectivity index (χ3n) is 3.60. The lowest BCUT2D eigenvalue weighted by atomic mass is 10.2. The van der Waals surface area contributed by atoms with Crippen LogP contribution >= 0.6 is 7.60 Å². The number of H-pyrrole nitrogens is 1. The van der Waals surface area contributed by atoms with Crippen LogP contribution in [0.4, 0.5) is 11.8 Å². The van der Waals surface area contributed by atoms with Gasteiger partial charge in [0, 0.05) is 6.54 Å². The van der Waals surface area contributed by atoms with Crippen molar-refractivity contribution >= 4 is 30.5 Å². The van der Waals surface area contributed by atoms with Crippen molar-refractivity contribution < 1.29 is 23.7 Å². The van der Waals surface area contributed by atoms with E-state index in [1.54, 1.807) is 17.8 Å². The molecule has 140 valence electrons. The molecule has 0 aliphatic rings. The van der Waals surface area contributed by atoms with Crippen molar-refractivity contribution in [1.82, 2.24) is 15.0 Å². The Morgan fingerprint density at radius 1 is 1.44 bits per heavy atom. The summed E-state index contributed by atoms with van der Waals surface area (Å²) in [7, 11) is -4.19. The number of fused-ring (bicyclic) bond motifs is 1. The van der Waals surface area contributed by atoms with Crippen molar-refractivity contribution in [2.75, 3.05) is 23.9 Å². The Balaban J connectivity index is 2.11. The zero-order valence-electron chi connectivity index (χ0n) is 14.5. The second kappa shape index (κ2) is 8.57. The summed E-state index contributed by atoms with van der Waals surface area (Å²) in [5, 5.41) is 3.27. The molecule has 0 fully saturated rings. The summed E-state index contributed by atoms with van der Waals surface area (Å²) < 4.78 is 17.9. The lowest BCUT2D eigenvalue weighted by molar-refractivity contribution is -0.679. The van der Waals surface area contributed by atoms with Crippen molar-refractivity contribution in [3.63, 3.8) is 0 Å². The first-order valence-electron chi connectivity index (χ1n) is 8.24. The van der Waals surface area contributed by atoms with Gasteiger partial charge in [0.25, 0.3) is 5.95 Å². The second-order valence-electron chi connectivity index (χ2n) is 5.96. The minimum atomic E-state index is -4.19. The normalized spacial score (nSPS) is 13.3. The van der Waals surface area contributed by atoms with Gasteiger partial charge in [-0.3, -0.25) is 9.55 Å². The molecular weight excluding hydrogens is 347 g/mol. The molecule has 0 aliphatic heterocycles. The summed E-state index contributed by atoms with van der Waals surface area (Å²) in [6, 6.07) is 0.